The predicted octanol–water partition coefficient (Wildman–Crippen LogP) is 0.877. The number of rotatable bonds is 0. The molecule has 0 aromatic rings. The van der Waals surface area contributed by atoms with Crippen LogP contribution in [0.3, 0.4) is 0 Å². The first-order chi connectivity index (χ1) is 4.68. The summed E-state index contributed by atoms with van der Waals surface area (Å²) in [6, 6.07) is 0. The highest BCUT2D eigenvalue weighted by Crippen LogP contribution is 2.46. The van der Waals surface area contributed by atoms with Gasteiger partial charge in [-0.1, -0.05) is 0 Å². The predicted molar refractivity (Wildman–Crippen MR) is 37.2 cm³/mol. The van der Waals surface area contributed by atoms with Crippen LogP contribution < -0.4 is 0 Å². The van der Waals surface area contributed by atoms with Crippen LogP contribution in [0, 0.1) is 11.8 Å². The molecule has 2 atom stereocenters. The van der Waals surface area contributed by atoms with Crippen molar-refractivity contribution in [1.82, 2.24) is 0 Å². The SMILES string of the molecule is OC1(O)CCC2CCC1C2. The quantitative estimate of drug-likeness (QED) is 0.493. The Kier molecular flexibility index (Phi) is 1.29. The fourth-order valence-electron chi connectivity index (χ4n) is 2.38. The molecule has 0 aliphatic heterocycles. The molecule has 0 aromatic carbocycles. The van der Waals surface area contributed by atoms with Gasteiger partial charge in [-0.05, 0) is 31.6 Å². The van der Waals surface area contributed by atoms with E-state index in [0.29, 0.717) is 6.42 Å². The highest BCUT2D eigenvalue weighted by atomic mass is 16.5. The molecule has 0 saturated heterocycles. The third-order valence-corrected chi connectivity index (χ3v) is 3.12. The van der Waals surface area contributed by atoms with Crippen LogP contribution in [0.4, 0.5) is 0 Å². The molecule has 0 heterocycles. The lowest BCUT2D eigenvalue weighted by atomic mass is 9.84. The van der Waals surface area contributed by atoms with Gasteiger partial charge in [0.05, 0.1) is 0 Å². The van der Waals surface area contributed by atoms with Gasteiger partial charge in [-0.3, -0.25) is 0 Å². The number of hydrogen-bond acceptors (Lipinski definition) is 2. The second-order valence-electron chi connectivity index (χ2n) is 3.79. The van der Waals surface area contributed by atoms with E-state index in [1.165, 1.54) is 6.42 Å². The fourth-order valence-corrected chi connectivity index (χ4v) is 2.38. The van der Waals surface area contributed by atoms with Gasteiger partial charge >= 0.3 is 0 Å². The highest BCUT2D eigenvalue weighted by molar-refractivity contribution is 4.90. The second kappa shape index (κ2) is 1.95. The molecule has 2 saturated carbocycles. The van der Waals surface area contributed by atoms with Gasteiger partial charge in [0.15, 0.2) is 5.79 Å². The molecule has 2 heteroatoms. The lowest BCUT2D eigenvalue weighted by molar-refractivity contribution is -0.212. The Bertz CT molecular complexity index is 142. The summed E-state index contributed by atoms with van der Waals surface area (Å²) in [5, 5.41) is 18.8. The molecule has 0 spiro atoms. The maximum absolute atomic E-state index is 9.42. The zero-order valence-corrected chi connectivity index (χ0v) is 6.08. The van der Waals surface area contributed by atoms with E-state index < -0.39 is 5.79 Å². The lowest BCUT2D eigenvalue weighted by Gasteiger charge is -2.32. The second-order valence-corrected chi connectivity index (χ2v) is 3.79. The molecule has 2 N–H and O–H groups in total. The van der Waals surface area contributed by atoms with Crippen molar-refractivity contribution < 1.29 is 10.2 Å². The Balaban J connectivity index is 2.14. The van der Waals surface area contributed by atoms with Gasteiger partial charge in [0.25, 0.3) is 0 Å². The summed E-state index contributed by atoms with van der Waals surface area (Å²) in [4.78, 5) is 0. The summed E-state index contributed by atoms with van der Waals surface area (Å²) in [6.07, 6.45) is 4.91. The van der Waals surface area contributed by atoms with E-state index in [-0.39, 0.29) is 5.92 Å². The number of aliphatic hydroxyl groups is 2. The monoisotopic (exact) mass is 142 g/mol. The standard InChI is InChI=1S/C8H14O2/c9-8(10)4-3-6-1-2-7(8)5-6/h6-7,9-10H,1-5H2. The average molecular weight is 142 g/mol. The summed E-state index contributed by atoms with van der Waals surface area (Å²) in [6.45, 7) is 0. The molecule has 10 heavy (non-hydrogen) atoms. The van der Waals surface area contributed by atoms with Gasteiger partial charge in [-0.25, -0.2) is 0 Å². The van der Waals surface area contributed by atoms with Crippen LogP contribution in [0.5, 0.6) is 0 Å². The van der Waals surface area contributed by atoms with E-state index in [1.807, 2.05) is 0 Å². The Morgan fingerprint density at radius 1 is 1.10 bits per heavy atom. The molecule has 2 rings (SSSR count). The Morgan fingerprint density at radius 3 is 2.60 bits per heavy atom. The van der Waals surface area contributed by atoms with E-state index in [9.17, 15) is 10.2 Å². The Labute approximate surface area is 60.9 Å². The topological polar surface area (TPSA) is 40.5 Å². The third kappa shape index (κ3) is 0.867. The van der Waals surface area contributed by atoms with Crippen molar-refractivity contribution >= 4 is 0 Å². The summed E-state index contributed by atoms with van der Waals surface area (Å²) in [7, 11) is 0. The van der Waals surface area contributed by atoms with Gasteiger partial charge in [-0.15, -0.1) is 0 Å². The van der Waals surface area contributed by atoms with Crippen molar-refractivity contribution in [2.75, 3.05) is 0 Å². The third-order valence-electron chi connectivity index (χ3n) is 3.12. The lowest BCUT2D eigenvalue weighted by Crippen LogP contribution is -2.38. The minimum absolute atomic E-state index is 0.186. The van der Waals surface area contributed by atoms with Gasteiger partial charge in [0.1, 0.15) is 0 Å². The molecule has 2 bridgehead atoms. The van der Waals surface area contributed by atoms with Crippen LogP contribution in [-0.4, -0.2) is 16.0 Å². The summed E-state index contributed by atoms with van der Waals surface area (Å²) in [5.41, 5.74) is 0. The van der Waals surface area contributed by atoms with Crippen LogP contribution in [0.25, 0.3) is 0 Å². The first kappa shape index (κ1) is 6.62. The number of hydrogen-bond donors (Lipinski definition) is 2. The van der Waals surface area contributed by atoms with Crippen molar-refractivity contribution in [2.24, 2.45) is 11.8 Å². The normalized spacial score (nSPS) is 43.8. The Morgan fingerprint density at radius 2 is 1.90 bits per heavy atom. The smallest absolute Gasteiger partial charge is 0.165 e. The summed E-state index contributed by atoms with van der Waals surface area (Å²) < 4.78 is 0. The van der Waals surface area contributed by atoms with Gasteiger partial charge in [0, 0.05) is 12.3 Å². The Hall–Kier alpha value is -0.0800. The minimum atomic E-state index is -1.31. The summed E-state index contributed by atoms with van der Waals surface area (Å²) in [5.74, 6) is -0.323. The largest absolute Gasteiger partial charge is 0.365 e. The fraction of sp³-hybridized carbons (Fsp3) is 1.00. The summed E-state index contributed by atoms with van der Waals surface area (Å²) >= 11 is 0. The molecule has 0 amide bonds. The molecular weight excluding hydrogens is 128 g/mol. The minimum Gasteiger partial charge on any atom is -0.365 e. The van der Waals surface area contributed by atoms with Gasteiger partial charge < -0.3 is 10.2 Å². The first-order valence-corrected chi connectivity index (χ1v) is 4.13. The zero-order valence-electron chi connectivity index (χ0n) is 6.08. The first-order valence-electron chi connectivity index (χ1n) is 4.13. The van der Waals surface area contributed by atoms with Gasteiger partial charge in [-0.2, -0.15) is 0 Å². The molecule has 2 aliphatic carbocycles. The highest BCUT2D eigenvalue weighted by Gasteiger charge is 2.44. The van der Waals surface area contributed by atoms with E-state index in [1.54, 1.807) is 0 Å². The van der Waals surface area contributed by atoms with E-state index in [4.69, 9.17) is 0 Å². The van der Waals surface area contributed by atoms with Crippen molar-refractivity contribution in [1.29, 1.82) is 0 Å². The molecule has 2 unspecified atom stereocenters. The average Bonchev–Trinajstić information content (AvgIpc) is 2.26. The van der Waals surface area contributed by atoms with Gasteiger partial charge in [0.2, 0.25) is 0 Å². The van der Waals surface area contributed by atoms with Crippen LogP contribution in [0.15, 0.2) is 0 Å². The zero-order chi connectivity index (χ0) is 7.19. The van der Waals surface area contributed by atoms with Crippen LogP contribution in [0.1, 0.15) is 32.1 Å². The van der Waals surface area contributed by atoms with Crippen LogP contribution >= 0.6 is 0 Å². The van der Waals surface area contributed by atoms with Crippen molar-refractivity contribution in [3.63, 3.8) is 0 Å². The molecule has 2 nitrogen and oxygen atoms in total. The molecule has 2 fully saturated rings. The van der Waals surface area contributed by atoms with E-state index in [2.05, 4.69) is 0 Å². The maximum atomic E-state index is 9.42. The molecule has 58 valence electrons. The molecule has 2 aliphatic rings. The van der Waals surface area contributed by atoms with E-state index >= 15 is 0 Å². The van der Waals surface area contributed by atoms with Crippen molar-refractivity contribution in [3.05, 3.63) is 0 Å². The van der Waals surface area contributed by atoms with E-state index in [0.717, 1.165) is 25.2 Å². The van der Waals surface area contributed by atoms with Crippen molar-refractivity contribution in [2.45, 2.75) is 37.9 Å². The molecular formula is C8H14O2. The molecule has 0 radical (unpaired) electrons. The number of fused-ring (bicyclic) bond motifs is 2. The van der Waals surface area contributed by atoms with Crippen molar-refractivity contribution in [3.8, 4) is 0 Å². The molecule has 0 aromatic heterocycles. The van der Waals surface area contributed by atoms with Crippen LogP contribution in [0.2, 0.25) is 0 Å². The maximum Gasteiger partial charge on any atom is 0.165 e. The van der Waals surface area contributed by atoms with Crippen LogP contribution in [-0.2, 0) is 0 Å².